The van der Waals surface area contributed by atoms with Gasteiger partial charge >= 0.3 is 0 Å². The molecule has 0 aliphatic carbocycles. The Labute approximate surface area is 145 Å². The predicted octanol–water partition coefficient (Wildman–Crippen LogP) is 3.35. The first-order chi connectivity index (χ1) is 12.2. The molecule has 0 aromatic carbocycles. The van der Waals surface area contributed by atoms with Gasteiger partial charge in [0.05, 0.1) is 5.69 Å². The van der Waals surface area contributed by atoms with Crippen LogP contribution < -0.4 is 0 Å². The van der Waals surface area contributed by atoms with E-state index in [-0.39, 0.29) is 5.91 Å². The second-order valence-electron chi connectivity index (χ2n) is 6.25. The molecule has 6 heteroatoms. The summed E-state index contributed by atoms with van der Waals surface area (Å²) in [6.45, 7) is 5.05. The van der Waals surface area contributed by atoms with E-state index in [1.165, 1.54) is 11.1 Å². The number of amides is 1. The van der Waals surface area contributed by atoms with Crippen LogP contribution >= 0.6 is 0 Å². The normalized spacial score (nSPS) is 14.8. The summed E-state index contributed by atoms with van der Waals surface area (Å²) in [6, 6.07) is 4.01. The highest BCUT2D eigenvalue weighted by molar-refractivity contribution is 5.97. The van der Waals surface area contributed by atoms with Gasteiger partial charge in [0.1, 0.15) is 17.0 Å². The fraction of sp³-hybridized carbons (Fsp3) is 0.316. The molecular weight excluding hydrogens is 316 g/mol. The number of hydrogen-bond donors (Lipinski definition) is 1. The van der Waals surface area contributed by atoms with Gasteiger partial charge in [0.25, 0.3) is 5.91 Å². The van der Waals surface area contributed by atoms with E-state index in [0.29, 0.717) is 30.8 Å². The zero-order valence-electron chi connectivity index (χ0n) is 14.4. The number of fused-ring (bicyclic) bond motifs is 1. The third kappa shape index (κ3) is 2.63. The Morgan fingerprint density at radius 3 is 3.08 bits per heavy atom. The van der Waals surface area contributed by atoms with Crippen LogP contribution in [0.15, 0.2) is 35.1 Å². The molecule has 1 aliphatic rings. The Balaban J connectivity index is 1.58. The van der Waals surface area contributed by atoms with Gasteiger partial charge < -0.3 is 14.4 Å². The van der Waals surface area contributed by atoms with Gasteiger partial charge in [-0.3, -0.25) is 4.79 Å². The van der Waals surface area contributed by atoms with Crippen molar-refractivity contribution in [3.05, 3.63) is 53.2 Å². The number of hydrogen-bond acceptors (Lipinski definition) is 4. The molecule has 0 radical (unpaired) electrons. The Morgan fingerprint density at radius 1 is 1.44 bits per heavy atom. The number of nitrogens with zero attached hydrogens (tertiary/aromatic N) is 3. The highest BCUT2D eigenvalue weighted by atomic mass is 16.5. The lowest BCUT2D eigenvalue weighted by Gasteiger charge is -2.26. The maximum absolute atomic E-state index is 12.8. The van der Waals surface area contributed by atoms with E-state index in [1.54, 1.807) is 13.1 Å². The standard InChI is InChI=1S/C19H20N4O2/c1-3-16-17(12(2)25-22-16)19(24)23-9-6-13(7-10-23)15-11-21-18-14(15)5-4-8-20-18/h4-6,8,11H,3,7,9-10H2,1-2H3,(H,20,21). The number of carbonyl (C=O) groups is 1. The van der Waals surface area contributed by atoms with Crippen LogP contribution in [0.5, 0.6) is 0 Å². The quantitative estimate of drug-likeness (QED) is 0.796. The molecule has 0 atom stereocenters. The van der Waals surface area contributed by atoms with Gasteiger partial charge in [0.2, 0.25) is 0 Å². The molecule has 0 saturated carbocycles. The van der Waals surface area contributed by atoms with Crippen molar-refractivity contribution >= 4 is 22.5 Å². The number of rotatable bonds is 3. The first-order valence-electron chi connectivity index (χ1n) is 8.55. The summed E-state index contributed by atoms with van der Waals surface area (Å²) in [5.74, 6) is 0.603. The van der Waals surface area contributed by atoms with E-state index < -0.39 is 0 Å². The van der Waals surface area contributed by atoms with Gasteiger partial charge in [0, 0.05) is 36.4 Å². The minimum Gasteiger partial charge on any atom is -0.361 e. The molecule has 1 aliphatic heterocycles. The first-order valence-corrected chi connectivity index (χ1v) is 8.55. The SMILES string of the molecule is CCc1noc(C)c1C(=O)N1CC=C(c2c[nH]c3ncccc23)CC1. The summed E-state index contributed by atoms with van der Waals surface area (Å²) in [7, 11) is 0. The van der Waals surface area contributed by atoms with Crippen molar-refractivity contribution in [1.29, 1.82) is 0 Å². The molecule has 128 valence electrons. The molecule has 25 heavy (non-hydrogen) atoms. The average Bonchev–Trinajstić information content (AvgIpc) is 3.24. The fourth-order valence-corrected chi connectivity index (χ4v) is 3.41. The molecule has 0 unspecified atom stereocenters. The van der Waals surface area contributed by atoms with Crippen LogP contribution in [-0.2, 0) is 6.42 Å². The smallest absolute Gasteiger partial charge is 0.259 e. The molecule has 0 spiro atoms. The summed E-state index contributed by atoms with van der Waals surface area (Å²) in [6.07, 6.45) is 7.42. The summed E-state index contributed by atoms with van der Waals surface area (Å²) in [5, 5.41) is 5.11. The predicted molar refractivity (Wildman–Crippen MR) is 95.2 cm³/mol. The van der Waals surface area contributed by atoms with Crippen molar-refractivity contribution in [2.24, 2.45) is 0 Å². The molecule has 4 heterocycles. The van der Waals surface area contributed by atoms with E-state index in [0.717, 1.165) is 23.1 Å². The second-order valence-corrected chi connectivity index (χ2v) is 6.25. The fourth-order valence-electron chi connectivity index (χ4n) is 3.41. The lowest BCUT2D eigenvalue weighted by molar-refractivity contribution is 0.0770. The average molecular weight is 336 g/mol. The highest BCUT2D eigenvalue weighted by Gasteiger charge is 2.26. The van der Waals surface area contributed by atoms with E-state index in [2.05, 4.69) is 27.3 Å². The van der Waals surface area contributed by atoms with Crippen LogP contribution in [0, 0.1) is 6.92 Å². The maximum atomic E-state index is 12.8. The van der Waals surface area contributed by atoms with E-state index in [9.17, 15) is 4.79 Å². The van der Waals surface area contributed by atoms with Gasteiger partial charge in [-0.1, -0.05) is 18.2 Å². The van der Waals surface area contributed by atoms with Crippen LogP contribution in [0.25, 0.3) is 16.6 Å². The van der Waals surface area contributed by atoms with E-state index >= 15 is 0 Å². The first kappa shape index (κ1) is 15.6. The number of aryl methyl sites for hydroxylation is 2. The molecule has 1 N–H and O–H groups in total. The molecule has 0 saturated heterocycles. The number of pyridine rings is 1. The molecule has 3 aromatic heterocycles. The zero-order valence-corrected chi connectivity index (χ0v) is 14.4. The maximum Gasteiger partial charge on any atom is 0.259 e. The molecule has 1 amide bonds. The number of aromatic amines is 1. The molecular formula is C19H20N4O2. The van der Waals surface area contributed by atoms with Gasteiger partial charge in [-0.2, -0.15) is 0 Å². The van der Waals surface area contributed by atoms with Crippen LogP contribution in [0.3, 0.4) is 0 Å². The van der Waals surface area contributed by atoms with Gasteiger partial charge in [-0.15, -0.1) is 0 Å². The van der Waals surface area contributed by atoms with Crippen molar-refractivity contribution < 1.29 is 9.32 Å². The summed E-state index contributed by atoms with van der Waals surface area (Å²) in [5.41, 5.74) is 4.67. The van der Waals surface area contributed by atoms with Crippen molar-refractivity contribution in [3.8, 4) is 0 Å². The van der Waals surface area contributed by atoms with Crippen LogP contribution in [0.4, 0.5) is 0 Å². The Hall–Kier alpha value is -2.89. The third-order valence-electron chi connectivity index (χ3n) is 4.78. The zero-order chi connectivity index (χ0) is 17.4. The minimum atomic E-state index is 0.00601. The number of nitrogens with one attached hydrogen (secondary N) is 1. The Bertz CT molecular complexity index is 967. The van der Waals surface area contributed by atoms with E-state index in [1.807, 2.05) is 24.1 Å². The number of H-pyrrole nitrogens is 1. The second kappa shape index (κ2) is 6.20. The van der Waals surface area contributed by atoms with Crippen molar-refractivity contribution in [2.75, 3.05) is 13.1 Å². The van der Waals surface area contributed by atoms with Crippen LogP contribution in [0.2, 0.25) is 0 Å². The summed E-state index contributed by atoms with van der Waals surface area (Å²) in [4.78, 5) is 22.3. The lowest BCUT2D eigenvalue weighted by atomic mass is 9.99. The van der Waals surface area contributed by atoms with E-state index in [4.69, 9.17) is 4.52 Å². The monoisotopic (exact) mass is 336 g/mol. The Kier molecular flexibility index (Phi) is 3.87. The highest BCUT2D eigenvalue weighted by Crippen LogP contribution is 2.29. The molecule has 4 rings (SSSR count). The van der Waals surface area contributed by atoms with Gasteiger partial charge in [-0.25, -0.2) is 4.98 Å². The summed E-state index contributed by atoms with van der Waals surface area (Å²) < 4.78 is 5.20. The topological polar surface area (TPSA) is 75.0 Å². The number of carbonyl (C=O) groups excluding carboxylic acids is 1. The van der Waals surface area contributed by atoms with Crippen LogP contribution in [-0.4, -0.2) is 39.0 Å². The van der Waals surface area contributed by atoms with Crippen molar-refractivity contribution in [1.82, 2.24) is 20.0 Å². The van der Waals surface area contributed by atoms with Crippen LogP contribution in [0.1, 0.15) is 40.7 Å². The number of aromatic nitrogens is 3. The van der Waals surface area contributed by atoms with Crippen molar-refractivity contribution in [2.45, 2.75) is 26.7 Å². The van der Waals surface area contributed by atoms with Gasteiger partial charge in [0.15, 0.2) is 0 Å². The third-order valence-corrected chi connectivity index (χ3v) is 4.78. The van der Waals surface area contributed by atoms with Gasteiger partial charge in [-0.05, 0) is 37.5 Å². The molecule has 6 nitrogen and oxygen atoms in total. The lowest BCUT2D eigenvalue weighted by Crippen LogP contribution is -2.35. The molecule has 0 bridgehead atoms. The largest absolute Gasteiger partial charge is 0.361 e. The molecule has 3 aromatic rings. The summed E-state index contributed by atoms with van der Waals surface area (Å²) >= 11 is 0. The van der Waals surface area contributed by atoms with Crippen molar-refractivity contribution in [3.63, 3.8) is 0 Å². The minimum absolute atomic E-state index is 0.00601. The Morgan fingerprint density at radius 2 is 2.32 bits per heavy atom. The molecule has 0 fully saturated rings.